The Balaban J connectivity index is 2.37. The number of likely N-dealkylation sites (tertiary alicyclic amines) is 1. The summed E-state index contributed by atoms with van der Waals surface area (Å²) in [5, 5.41) is 9.34. The van der Waals surface area contributed by atoms with Crippen LogP contribution in [0.15, 0.2) is 0 Å². The van der Waals surface area contributed by atoms with Crippen LogP contribution in [0.4, 0.5) is 4.79 Å². The van der Waals surface area contributed by atoms with Crippen LogP contribution in [0.5, 0.6) is 0 Å². The van der Waals surface area contributed by atoms with Crippen LogP contribution in [0, 0.1) is 0 Å². The fourth-order valence-electron chi connectivity index (χ4n) is 1.48. The van der Waals surface area contributed by atoms with Crippen LogP contribution in [0.2, 0.25) is 0 Å². The van der Waals surface area contributed by atoms with Gasteiger partial charge in [0.15, 0.2) is 0 Å². The largest absolute Gasteiger partial charge is 0.450 e. The molecule has 1 fully saturated rings. The molecule has 0 spiro atoms. The smallest absolute Gasteiger partial charge is 0.409 e. The minimum absolute atomic E-state index is 0.251. The van der Waals surface area contributed by atoms with Crippen molar-refractivity contribution in [2.24, 2.45) is 0 Å². The predicted molar refractivity (Wildman–Crippen MR) is 48.5 cm³/mol. The zero-order chi connectivity index (χ0) is 9.68. The zero-order valence-corrected chi connectivity index (χ0v) is 8.03. The number of carbonyl (C=O) groups is 1. The molecule has 0 radical (unpaired) electrons. The normalized spacial score (nSPS) is 23.8. The van der Waals surface area contributed by atoms with E-state index in [1.807, 2.05) is 0 Å². The lowest BCUT2D eigenvalue weighted by Crippen LogP contribution is -2.32. The molecule has 1 unspecified atom stereocenters. The number of aliphatic hydroxyl groups excluding tert-OH is 1. The molecule has 1 amide bonds. The molecule has 13 heavy (non-hydrogen) atoms. The second-order valence-corrected chi connectivity index (χ2v) is 3.27. The Morgan fingerprint density at radius 1 is 1.54 bits per heavy atom. The molecular formula is C9H17NO3. The van der Waals surface area contributed by atoms with E-state index in [0.717, 1.165) is 12.8 Å². The van der Waals surface area contributed by atoms with Gasteiger partial charge in [-0.05, 0) is 26.2 Å². The van der Waals surface area contributed by atoms with E-state index in [4.69, 9.17) is 4.74 Å². The Kier molecular flexibility index (Phi) is 4.02. The van der Waals surface area contributed by atoms with Crippen LogP contribution in [0.3, 0.4) is 0 Å². The number of nitrogens with zero attached hydrogens (tertiary/aromatic N) is 1. The van der Waals surface area contributed by atoms with E-state index >= 15 is 0 Å². The third kappa shape index (κ3) is 3.22. The SMILES string of the molecule is CCOC(=O)N1CCCC(O)CC1. The first-order chi connectivity index (χ1) is 6.24. The number of amides is 1. The zero-order valence-electron chi connectivity index (χ0n) is 8.03. The fourth-order valence-corrected chi connectivity index (χ4v) is 1.48. The van der Waals surface area contributed by atoms with Crippen molar-refractivity contribution in [3.8, 4) is 0 Å². The predicted octanol–water partition coefficient (Wildman–Crippen LogP) is 0.990. The maximum absolute atomic E-state index is 11.3. The van der Waals surface area contributed by atoms with E-state index in [-0.39, 0.29) is 12.2 Å². The van der Waals surface area contributed by atoms with Gasteiger partial charge in [-0.1, -0.05) is 0 Å². The van der Waals surface area contributed by atoms with Crippen molar-refractivity contribution in [3.05, 3.63) is 0 Å². The summed E-state index contributed by atoms with van der Waals surface area (Å²) in [6.07, 6.45) is 1.81. The van der Waals surface area contributed by atoms with Crippen molar-refractivity contribution in [2.45, 2.75) is 32.3 Å². The highest BCUT2D eigenvalue weighted by atomic mass is 16.6. The number of ether oxygens (including phenoxy) is 1. The summed E-state index contributed by atoms with van der Waals surface area (Å²) >= 11 is 0. The summed E-state index contributed by atoms with van der Waals surface area (Å²) in [5.41, 5.74) is 0. The summed E-state index contributed by atoms with van der Waals surface area (Å²) in [6.45, 7) is 3.53. The van der Waals surface area contributed by atoms with Crippen LogP contribution < -0.4 is 0 Å². The molecule has 1 atom stereocenters. The van der Waals surface area contributed by atoms with Crippen LogP contribution in [-0.4, -0.2) is 41.9 Å². The highest BCUT2D eigenvalue weighted by molar-refractivity contribution is 5.67. The lowest BCUT2D eigenvalue weighted by atomic mass is 10.2. The summed E-state index contributed by atoms with van der Waals surface area (Å²) in [6, 6.07) is 0. The lowest BCUT2D eigenvalue weighted by Gasteiger charge is -2.18. The molecule has 76 valence electrons. The molecule has 0 aliphatic carbocycles. The van der Waals surface area contributed by atoms with Gasteiger partial charge in [-0.15, -0.1) is 0 Å². The van der Waals surface area contributed by atoms with Crippen LogP contribution in [0.1, 0.15) is 26.2 Å². The average Bonchev–Trinajstić information content (AvgIpc) is 2.30. The number of carbonyl (C=O) groups excluding carboxylic acids is 1. The van der Waals surface area contributed by atoms with Gasteiger partial charge in [0.05, 0.1) is 12.7 Å². The van der Waals surface area contributed by atoms with E-state index in [1.54, 1.807) is 11.8 Å². The van der Waals surface area contributed by atoms with Crippen LogP contribution in [-0.2, 0) is 4.74 Å². The van der Waals surface area contributed by atoms with Crippen molar-refractivity contribution in [3.63, 3.8) is 0 Å². The third-order valence-corrected chi connectivity index (χ3v) is 2.22. The minimum atomic E-state index is -0.253. The van der Waals surface area contributed by atoms with Gasteiger partial charge in [-0.25, -0.2) is 4.79 Å². The Labute approximate surface area is 78.5 Å². The summed E-state index contributed by atoms with van der Waals surface area (Å²) in [7, 11) is 0. The van der Waals surface area contributed by atoms with Crippen molar-refractivity contribution in [1.82, 2.24) is 4.90 Å². The molecule has 0 aromatic rings. The van der Waals surface area contributed by atoms with E-state index in [1.165, 1.54) is 0 Å². The third-order valence-electron chi connectivity index (χ3n) is 2.22. The Hall–Kier alpha value is -0.770. The van der Waals surface area contributed by atoms with E-state index in [9.17, 15) is 9.90 Å². The molecule has 0 bridgehead atoms. The molecule has 4 heteroatoms. The molecule has 4 nitrogen and oxygen atoms in total. The van der Waals surface area contributed by atoms with Gasteiger partial charge in [0.1, 0.15) is 0 Å². The summed E-state index contributed by atoms with van der Waals surface area (Å²) in [5.74, 6) is 0. The van der Waals surface area contributed by atoms with E-state index in [0.29, 0.717) is 26.1 Å². The van der Waals surface area contributed by atoms with E-state index < -0.39 is 0 Å². The highest BCUT2D eigenvalue weighted by Crippen LogP contribution is 2.11. The number of hydrogen-bond acceptors (Lipinski definition) is 3. The maximum atomic E-state index is 11.3. The topological polar surface area (TPSA) is 49.8 Å². The molecule has 0 aromatic heterocycles. The van der Waals surface area contributed by atoms with Crippen LogP contribution >= 0.6 is 0 Å². The van der Waals surface area contributed by atoms with Crippen molar-refractivity contribution >= 4 is 6.09 Å². The van der Waals surface area contributed by atoms with Gasteiger partial charge in [0.25, 0.3) is 0 Å². The summed E-state index contributed by atoms with van der Waals surface area (Å²) < 4.78 is 4.88. The fraction of sp³-hybridized carbons (Fsp3) is 0.889. The van der Waals surface area contributed by atoms with Gasteiger partial charge in [0, 0.05) is 13.1 Å². The van der Waals surface area contributed by atoms with Gasteiger partial charge >= 0.3 is 6.09 Å². The maximum Gasteiger partial charge on any atom is 0.409 e. The number of rotatable bonds is 1. The van der Waals surface area contributed by atoms with Crippen molar-refractivity contribution in [2.75, 3.05) is 19.7 Å². The first kappa shape index (κ1) is 10.3. The molecule has 1 N–H and O–H groups in total. The van der Waals surface area contributed by atoms with Gasteiger partial charge in [-0.2, -0.15) is 0 Å². The quantitative estimate of drug-likeness (QED) is 0.666. The second-order valence-electron chi connectivity index (χ2n) is 3.27. The first-order valence-electron chi connectivity index (χ1n) is 4.83. The van der Waals surface area contributed by atoms with E-state index in [2.05, 4.69) is 0 Å². The molecule has 1 aliphatic heterocycles. The Morgan fingerprint density at radius 2 is 2.31 bits per heavy atom. The van der Waals surface area contributed by atoms with Crippen molar-refractivity contribution in [1.29, 1.82) is 0 Å². The molecular weight excluding hydrogens is 170 g/mol. The molecule has 1 saturated heterocycles. The standard InChI is InChI=1S/C9H17NO3/c1-2-13-9(12)10-6-3-4-8(11)5-7-10/h8,11H,2-7H2,1H3. The Morgan fingerprint density at radius 3 is 3.00 bits per heavy atom. The van der Waals surface area contributed by atoms with Crippen molar-refractivity contribution < 1.29 is 14.6 Å². The molecule has 1 aliphatic rings. The van der Waals surface area contributed by atoms with Crippen LogP contribution in [0.25, 0.3) is 0 Å². The second kappa shape index (κ2) is 5.07. The van der Waals surface area contributed by atoms with Gasteiger partial charge in [-0.3, -0.25) is 0 Å². The lowest BCUT2D eigenvalue weighted by molar-refractivity contribution is 0.105. The monoisotopic (exact) mass is 187 g/mol. The van der Waals surface area contributed by atoms with Gasteiger partial charge < -0.3 is 14.7 Å². The average molecular weight is 187 g/mol. The molecule has 1 rings (SSSR count). The summed E-state index contributed by atoms with van der Waals surface area (Å²) in [4.78, 5) is 12.9. The molecule has 0 saturated carbocycles. The molecule has 0 aromatic carbocycles. The van der Waals surface area contributed by atoms with Gasteiger partial charge in [0.2, 0.25) is 0 Å². The number of aliphatic hydroxyl groups is 1. The Bertz CT molecular complexity index is 172. The minimum Gasteiger partial charge on any atom is -0.450 e. The highest BCUT2D eigenvalue weighted by Gasteiger charge is 2.19. The number of hydrogen-bond donors (Lipinski definition) is 1. The molecule has 1 heterocycles. The first-order valence-corrected chi connectivity index (χ1v) is 4.83.